The van der Waals surface area contributed by atoms with Crippen molar-refractivity contribution in [2.75, 3.05) is 13.1 Å². The molecule has 0 amide bonds. The Morgan fingerprint density at radius 3 is 2.72 bits per heavy atom. The molecule has 1 rings (SSSR count). The van der Waals surface area contributed by atoms with E-state index in [0.717, 1.165) is 19.5 Å². The number of nitrogens with one attached hydrogen (secondary N) is 1. The van der Waals surface area contributed by atoms with Crippen molar-refractivity contribution in [1.29, 1.82) is 0 Å². The Bertz CT molecular complexity index is 366. The Balaban J connectivity index is 2.51. The van der Waals surface area contributed by atoms with Crippen molar-refractivity contribution in [2.24, 2.45) is 0 Å². The number of rotatable bonds is 8. The monoisotopic (exact) mass is 245 g/mol. The predicted octanol–water partition coefficient (Wildman–Crippen LogP) is 4.43. The summed E-state index contributed by atoms with van der Waals surface area (Å²) in [6.45, 7) is 8.85. The van der Waals surface area contributed by atoms with Gasteiger partial charge in [-0.05, 0) is 56.0 Å². The molecule has 0 unspecified atom stereocenters. The van der Waals surface area contributed by atoms with E-state index in [9.17, 15) is 0 Å². The number of benzene rings is 1. The first-order chi connectivity index (χ1) is 8.77. The van der Waals surface area contributed by atoms with Gasteiger partial charge in [0.1, 0.15) is 0 Å². The average Bonchev–Trinajstić information content (AvgIpc) is 2.39. The van der Waals surface area contributed by atoms with Gasteiger partial charge in [-0.3, -0.25) is 0 Å². The zero-order valence-corrected chi connectivity index (χ0v) is 12.1. The van der Waals surface area contributed by atoms with Gasteiger partial charge in [0.25, 0.3) is 0 Å². The normalized spacial score (nSPS) is 11.8. The second-order valence-corrected chi connectivity index (χ2v) is 4.88. The lowest BCUT2D eigenvalue weighted by Gasteiger charge is -2.06. The van der Waals surface area contributed by atoms with Gasteiger partial charge in [0.05, 0.1) is 0 Å². The van der Waals surface area contributed by atoms with Crippen molar-refractivity contribution >= 4 is 5.57 Å². The standard InChI is InChI=1S/C17H27N/c1-4-8-16-10-6-11-17(14-16)15(3)9-7-13-18-12-5-2/h6,9-11,14,18H,4-5,7-8,12-13H2,1-3H3/b15-9-. The first kappa shape index (κ1) is 15.0. The minimum absolute atomic E-state index is 1.08. The molecule has 0 saturated heterocycles. The number of hydrogen-bond acceptors (Lipinski definition) is 1. The van der Waals surface area contributed by atoms with Gasteiger partial charge >= 0.3 is 0 Å². The van der Waals surface area contributed by atoms with Crippen molar-refractivity contribution in [2.45, 2.75) is 46.5 Å². The molecule has 0 spiro atoms. The summed E-state index contributed by atoms with van der Waals surface area (Å²) >= 11 is 0. The third-order valence-electron chi connectivity index (χ3n) is 3.12. The van der Waals surface area contributed by atoms with Crippen molar-refractivity contribution in [1.82, 2.24) is 5.32 Å². The van der Waals surface area contributed by atoms with Gasteiger partial charge in [-0.25, -0.2) is 0 Å². The minimum atomic E-state index is 1.08. The molecule has 0 atom stereocenters. The fraction of sp³-hybridized carbons (Fsp3) is 0.529. The number of hydrogen-bond donors (Lipinski definition) is 1. The number of aryl methyl sites for hydroxylation is 1. The summed E-state index contributed by atoms with van der Waals surface area (Å²) in [6, 6.07) is 8.94. The molecule has 0 radical (unpaired) electrons. The highest BCUT2D eigenvalue weighted by Gasteiger charge is 1.97. The van der Waals surface area contributed by atoms with Crippen LogP contribution in [-0.2, 0) is 6.42 Å². The highest BCUT2D eigenvalue weighted by atomic mass is 14.8. The molecule has 1 aromatic rings. The fourth-order valence-corrected chi connectivity index (χ4v) is 2.07. The Morgan fingerprint density at radius 2 is 2.00 bits per heavy atom. The van der Waals surface area contributed by atoms with Crippen LogP contribution in [0.5, 0.6) is 0 Å². The van der Waals surface area contributed by atoms with Crippen LogP contribution in [-0.4, -0.2) is 13.1 Å². The summed E-state index contributed by atoms with van der Waals surface area (Å²) < 4.78 is 0. The van der Waals surface area contributed by atoms with Crippen molar-refractivity contribution in [3.63, 3.8) is 0 Å². The summed E-state index contributed by atoms with van der Waals surface area (Å²) in [4.78, 5) is 0. The maximum atomic E-state index is 3.43. The van der Waals surface area contributed by atoms with Crippen LogP contribution in [0.25, 0.3) is 5.57 Å². The molecule has 1 aromatic carbocycles. The van der Waals surface area contributed by atoms with E-state index in [1.54, 1.807) is 0 Å². The van der Waals surface area contributed by atoms with Crippen molar-refractivity contribution in [3.05, 3.63) is 41.5 Å². The lowest BCUT2D eigenvalue weighted by atomic mass is 10.0. The first-order valence-corrected chi connectivity index (χ1v) is 7.24. The maximum absolute atomic E-state index is 3.43. The van der Waals surface area contributed by atoms with Crippen LogP contribution in [0, 0.1) is 0 Å². The van der Waals surface area contributed by atoms with E-state index in [4.69, 9.17) is 0 Å². The quantitative estimate of drug-likeness (QED) is 0.668. The highest BCUT2D eigenvalue weighted by molar-refractivity contribution is 5.64. The van der Waals surface area contributed by atoms with Crippen molar-refractivity contribution < 1.29 is 0 Å². The second-order valence-electron chi connectivity index (χ2n) is 4.88. The highest BCUT2D eigenvalue weighted by Crippen LogP contribution is 2.16. The molecule has 0 saturated carbocycles. The van der Waals surface area contributed by atoms with Gasteiger partial charge in [-0.15, -0.1) is 0 Å². The van der Waals surface area contributed by atoms with E-state index < -0.39 is 0 Å². The minimum Gasteiger partial charge on any atom is -0.316 e. The van der Waals surface area contributed by atoms with E-state index in [2.05, 4.69) is 56.4 Å². The van der Waals surface area contributed by atoms with E-state index in [1.807, 2.05) is 0 Å². The molecule has 0 fully saturated rings. The Morgan fingerprint density at radius 1 is 1.17 bits per heavy atom. The molecule has 100 valence electrons. The molecule has 0 heterocycles. The summed E-state index contributed by atoms with van der Waals surface area (Å²) in [7, 11) is 0. The van der Waals surface area contributed by atoms with E-state index in [1.165, 1.54) is 36.0 Å². The van der Waals surface area contributed by atoms with Crippen LogP contribution >= 0.6 is 0 Å². The Kier molecular flexibility index (Phi) is 7.43. The summed E-state index contributed by atoms with van der Waals surface area (Å²) in [5.41, 5.74) is 4.22. The van der Waals surface area contributed by atoms with Gasteiger partial charge in [-0.1, -0.05) is 50.6 Å². The topological polar surface area (TPSA) is 12.0 Å². The van der Waals surface area contributed by atoms with E-state index in [-0.39, 0.29) is 0 Å². The molecule has 1 N–H and O–H groups in total. The lowest BCUT2D eigenvalue weighted by Crippen LogP contribution is -2.15. The first-order valence-electron chi connectivity index (χ1n) is 7.24. The predicted molar refractivity (Wildman–Crippen MR) is 81.9 cm³/mol. The zero-order chi connectivity index (χ0) is 13.2. The fourth-order valence-electron chi connectivity index (χ4n) is 2.07. The molecule has 0 bridgehead atoms. The Hall–Kier alpha value is -1.08. The van der Waals surface area contributed by atoms with Gasteiger partial charge in [0, 0.05) is 0 Å². The molecule has 0 aromatic heterocycles. The smallest absolute Gasteiger partial charge is 0.00141 e. The third-order valence-corrected chi connectivity index (χ3v) is 3.12. The van der Waals surface area contributed by atoms with Crippen molar-refractivity contribution in [3.8, 4) is 0 Å². The maximum Gasteiger partial charge on any atom is -0.00141 e. The molecule has 0 aliphatic heterocycles. The van der Waals surface area contributed by atoms with Gasteiger partial charge < -0.3 is 5.32 Å². The van der Waals surface area contributed by atoms with Crippen LogP contribution in [0.3, 0.4) is 0 Å². The summed E-state index contributed by atoms with van der Waals surface area (Å²) in [5, 5.41) is 3.43. The molecular formula is C17H27N. The molecule has 0 aliphatic rings. The molecule has 1 nitrogen and oxygen atoms in total. The van der Waals surface area contributed by atoms with Crippen LogP contribution < -0.4 is 5.32 Å². The van der Waals surface area contributed by atoms with Gasteiger partial charge in [0.15, 0.2) is 0 Å². The van der Waals surface area contributed by atoms with Crippen LogP contribution in [0.4, 0.5) is 0 Å². The van der Waals surface area contributed by atoms with Crippen LogP contribution in [0.1, 0.15) is 51.2 Å². The molecular weight excluding hydrogens is 218 g/mol. The largest absolute Gasteiger partial charge is 0.316 e. The van der Waals surface area contributed by atoms with Gasteiger partial charge in [-0.2, -0.15) is 0 Å². The summed E-state index contributed by atoms with van der Waals surface area (Å²) in [6.07, 6.45) is 7.06. The molecule has 18 heavy (non-hydrogen) atoms. The molecule has 0 aliphatic carbocycles. The van der Waals surface area contributed by atoms with E-state index >= 15 is 0 Å². The van der Waals surface area contributed by atoms with Crippen LogP contribution in [0.15, 0.2) is 30.3 Å². The Labute approximate surface area is 112 Å². The SMILES string of the molecule is CCCNCC/C=C(/C)c1cccc(CCC)c1. The summed E-state index contributed by atoms with van der Waals surface area (Å²) in [5.74, 6) is 0. The third kappa shape index (κ3) is 5.50. The average molecular weight is 245 g/mol. The number of allylic oxidation sites excluding steroid dienone is 1. The molecule has 1 heteroatoms. The van der Waals surface area contributed by atoms with E-state index in [0.29, 0.717) is 0 Å². The second kappa shape index (κ2) is 8.93. The van der Waals surface area contributed by atoms with Gasteiger partial charge in [0.2, 0.25) is 0 Å². The lowest BCUT2D eigenvalue weighted by molar-refractivity contribution is 0.678. The van der Waals surface area contributed by atoms with Crippen LogP contribution in [0.2, 0.25) is 0 Å². The zero-order valence-electron chi connectivity index (χ0n) is 12.1.